The number of aliphatic imine (C=N–C) groups is 1. The number of pyridine rings is 1. The monoisotopic (exact) mass is 303 g/mol. The third-order valence-electron chi connectivity index (χ3n) is 3.98. The van der Waals surface area contributed by atoms with Crippen LogP contribution in [0.2, 0.25) is 0 Å². The van der Waals surface area contributed by atoms with Crippen molar-refractivity contribution in [2.45, 2.75) is 51.6 Å². The number of hydrogen-bond donors (Lipinski definition) is 2. The van der Waals surface area contributed by atoms with E-state index < -0.39 is 0 Å². The second-order valence-corrected chi connectivity index (χ2v) is 6.09. The molecule has 1 aliphatic rings. The first-order valence-electron chi connectivity index (χ1n) is 8.36. The van der Waals surface area contributed by atoms with Crippen LogP contribution >= 0.6 is 0 Å². The molecule has 5 nitrogen and oxygen atoms in total. The number of aromatic nitrogens is 1. The summed E-state index contributed by atoms with van der Waals surface area (Å²) in [6.45, 7) is 3.66. The summed E-state index contributed by atoms with van der Waals surface area (Å²) in [6.07, 6.45) is 8.38. The highest BCUT2D eigenvalue weighted by atomic mass is 15.2. The Hall–Kier alpha value is -1.78. The molecule has 0 atom stereocenters. The van der Waals surface area contributed by atoms with Crippen LogP contribution < -0.4 is 15.5 Å². The molecule has 0 spiro atoms. The summed E-state index contributed by atoms with van der Waals surface area (Å²) in [5, 5.41) is 6.93. The van der Waals surface area contributed by atoms with Crippen molar-refractivity contribution in [2.24, 2.45) is 4.99 Å². The minimum absolute atomic E-state index is 0.571. The molecule has 5 heteroatoms. The van der Waals surface area contributed by atoms with Crippen LogP contribution in [0.15, 0.2) is 23.3 Å². The predicted molar refractivity (Wildman–Crippen MR) is 93.4 cm³/mol. The van der Waals surface area contributed by atoms with Crippen LogP contribution in [-0.4, -0.2) is 37.6 Å². The zero-order valence-electron chi connectivity index (χ0n) is 14.1. The van der Waals surface area contributed by atoms with E-state index in [0.29, 0.717) is 12.6 Å². The second-order valence-electron chi connectivity index (χ2n) is 6.09. The van der Waals surface area contributed by atoms with Gasteiger partial charge in [-0.15, -0.1) is 0 Å². The summed E-state index contributed by atoms with van der Waals surface area (Å²) in [5.41, 5.74) is 1.18. The van der Waals surface area contributed by atoms with Gasteiger partial charge in [-0.3, -0.25) is 0 Å². The first-order valence-corrected chi connectivity index (χ1v) is 8.36. The molecule has 1 aromatic heterocycles. The summed E-state index contributed by atoms with van der Waals surface area (Å²) in [7, 11) is 4.01. The predicted octanol–water partition coefficient (Wildman–Crippen LogP) is 2.54. The van der Waals surface area contributed by atoms with Crippen molar-refractivity contribution < 1.29 is 0 Å². The quantitative estimate of drug-likeness (QED) is 0.648. The Bertz CT molecular complexity index is 478. The zero-order chi connectivity index (χ0) is 15.8. The topological polar surface area (TPSA) is 52.6 Å². The fourth-order valence-corrected chi connectivity index (χ4v) is 2.73. The van der Waals surface area contributed by atoms with Crippen molar-refractivity contribution in [3.05, 3.63) is 23.9 Å². The molecular formula is C17H29N5. The maximum atomic E-state index is 4.73. The molecule has 0 saturated heterocycles. The van der Waals surface area contributed by atoms with E-state index in [1.807, 2.05) is 31.3 Å². The normalized spacial score (nSPS) is 16.4. The van der Waals surface area contributed by atoms with Crippen molar-refractivity contribution in [3.63, 3.8) is 0 Å². The smallest absolute Gasteiger partial charge is 0.191 e. The fourth-order valence-electron chi connectivity index (χ4n) is 2.73. The first-order chi connectivity index (χ1) is 10.7. The van der Waals surface area contributed by atoms with Gasteiger partial charge in [0.05, 0.1) is 6.54 Å². The van der Waals surface area contributed by atoms with Crippen LogP contribution in [0.5, 0.6) is 0 Å². The van der Waals surface area contributed by atoms with E-state index in [1.165, 1.54) is 37.7 Å². The van der Waals surface area contributed by atoms with Gasteiger partial charge in [-0.2, -0.15) is 0 Å². The van der Waals surface area contributed by atoms with Crippen LogP contribution in [0.4, 0.5) is 5.82 Å². The lowest BCUT2D eigenvalue weighted by Crippen LogP contribution is -2.44. The molecule has 1 saturated carbocycles. The highest BCUT2D eigenvalue weighted by molar-refractivity contribution is 5.80. The van der Waals surface area contributed by atoms with Gasteiger partial charge >= 0.3 is 0 Å². The second kappa shape index (κ2) is 8.61. The Morgan fingerprint density at radius 1 is 1.32 bits per heavy atom. The lowest BCUT2D eigenvalue weighted by molar-refractivity contribution is 0.410. The number of rotatable bonds is 5. The Balaban J connectivity index is 1.98. The van der Waals surface area contributed by atoms with Crippen molar-refractivity contribution in [3.8, 4) is 0 Å². The van der Waals surface area contributed by atoms with E-state index in [2.05, 4.69) is 28.6 Å². The van der Waals surface area contributed by atoms with E-state index in [0.717, 1.165) is 18.3 Å². The molecule has 0 radical (unpaired) electrons. The molecule has 0 amide bonds. The maximum absolute atomic E-state index is 4.73. The van der Waals surface area contributed by atoms with Gasteiger partial charge in [-0.1, -0.05) is 19.3 Å². The Labute approximate surface area is 134 Å². The molecule has 1 aromatic rings. The SMILES string of the molecule is CCNC(=NCc1ccnc(N(C)C)c1)NC1CCCCC1. The Morgan fingerprint density at radius 3 is 2.77 bits per heavy atom. The maximum Gasteiger partial charge on any atom is 0.191 e. The van der Waals surface area contributed by atoms with Gasteiger partial charge in [-0.25, -0.2) is 9.98 Å². The van der Waals surface area contributed by atoms with Gasteiger partial charge in [0, 0.05) is 32.9 Å². The highest BCUT2D eigenvalue weighted by Crippen LogP contribution is 2.17. The van der Waals surface area contributed by atoms with Gasteiger partial charge in [0.1, 0.15) is 5.82 Å². The highest BCUT2D eigenvalue weighted by Gasteiger charge is 2.14. The number of anilines is 1. The van der Waals surface area contributed by atoms with E-state index >= 15 is 0 Å². The van der Waals surface area contributed by atoms with Crippen molar-refractivity contribution in [2.75, 3.05) is 25.5 Å². The van der Waals surface area contributed by atoms with Crippen LogP contribution in [0.1, 0.15) is 44.6 Å². The number of guanidine groups is 1. The van der Waals surface area contributed by atoms with Gasteiger partial charge < -0.3 is 15.5 Å². The Kier molecular flexibility index (Phi) is 6.49. The summed E-state index contributed by atoms with van der Waals surface area (Å²) < 4.78 is 0. The largest absolute Gasteiger partial charge is 0.363 e. The van der Waals surface area contributed by atoms with E-state index in [1.54, 1.807) is 0 Å². The van der Waals surface area contributed by atoms with Gasteiger partial charge in [0.15, 0.2) is 5.96 Å². The third-order valence-corrected chi connectivity index (χ3v) is 3.98. The molecule has 1 aliphatic carbocycles. The van der Waals surface area contributed by atoms with Gasteiger partial charge in [-0.05, 0) is 37.5 Å². The molecule has 0 bridgehead atoms. The summed E-state index contributed by atoms with van der Waals surface area (Å²) in [5.74, 6) is 1.90. The minimum Gasteiger partial charge on any atom is -0.363 e. The number of nitrogens with zero attached hydrogens (tertiary/aromatic N) is 3. The first kappa shape index (κ1) is 16.6. The molecule has 1 heterocycles. The molecular weight excluding hydrogens is 274 g/mol. The lowest BCUT2D eigenvalue weighted by Gasteiger charge is -2.24. The molecule has 2 N–H and O–H groups in total. The molecule has 1 fully saturated rings. The van der Waals surface area contributed by atoms with Crippen molar-refractivity contribution in [1.82, 2.24) is 15.6 Å². The molecule has 0 aliphatic heterocycles. The van der Waals surface area contributed by atoms with Crippen LogP contribution in [0.3, 0.4) is 0 Å². The molecule has 0 unspecified atom stereocenters. The summed E-state index contributed by atoms with van der Waals surface area (Å²) in [4.78, 5) is 11.1. The average molecular weight is 303 g/mol. The molecule has 2 rings (SSSR count). The van der Waals surface area contributed by atoms with E-state index in [4.69, 9.17) is 4.99 Å². The number of nitrogens with one attached hydrogen (secondary N) is 2. The Morgan fingerprint density at radius 2 is 2.09 bits per heavy atom. The van der Waals surface area contributed by atoms with Crippen molar-refractivity contribution >= 4 is 11.8 Å². The van der Waals surface area contributed by atoms with Crippen LogP contribution in [0, 0.1) is 0 Å². The average Bonchev–Trinajstić information content (AvgIpc) is 2.54. The van der Waals surface area contributed by atoms with Crippen LogP contribution in [-0.2, 0) is 6.54 Å². The van der Waals surface area contributed by atoms with Gasteiger partial charge in [0.2, 0.25) is 0 Å². The fraction of sp³-hybridized carbons (Fsp3) is 0.647. The minimum atomic E-state index is 0.571. The summed E-state index contributed by atoms with van der Waals surface area (Å²) in [6, 6.07) is 4.69. The summed E-state index contributed by atoms with van der Waals surface area (Å²) >= 11 is 0. The number of hydrogen-bond acceptors (Lipinski definition) is 3. The third kappa shape index (κ3) is 5.20. The van der Waals surface area contributed by atoms with E-state index in [9.17, 15) is 0 Å². The van der Waals surface area contributed by atoms with Crippen LogP contribution in [0.25, 0.3) is 0 Å². The molecule has 22 heavy (non-hydrogen) atoms. The van der Waals surface area contributed by atoms with Gasteiger partial charge in [0.25, 0.3) is 0 Å². The lowest BCUT2D eigenvalue weighted by atomic mass is 9.96. The molecule has 122 valence electrons. The zero-order valence-corrected chi connectivity index (χ0v) is 14.1. The standard InChI is InChI=1S/C17H29N5/c1-4-18-17(21-15-8-6-5-7-9-15)20-13-14-10-11-19-16(12-14)22(2)3/h10-12,15H,4-9,13H2,1-3H3,(H2,18,20,21). The molecule has 0 aromatic carbocycles. The van der Waals surface area contributed by atoms with E-state index in [-0.39, 0.29) is 0 Å². The van der Waals surface area contributed by atoms with Crippen molar-refractivity contribution in [1.29, 1.82) is 0 Å².